The molecule has 2 aromatic rings. The van der Waals surface area contributed by atoms with Crippen LogP contribution in [0.3, 0.4) is 0 Å². The lowest BCUT2D eigenvalue weighted by Gasteiger charge is -2.36. The number of carbonyl (C=O) groups is 2. The maximum Gasteiger partial charge on any atom is 0.305 e. The normalized spacial score (nSPS) is 20.5. The van der Waals surface area contributed by atoms with Crippen molar-refractivity contribution in [2.75, 3.05) is 13.2 Å². The Hall–Kier alpha value is -2.25. The second-order valence-electron chi connectivity index (χ2n) is 5.85. The molecule has 1 atom stereocenters. The van der Waals surface area contributed by atoms with Crippen LogP contribution in [0.5, 0.6) is 0 Å². The van der Waals surface area contributed by atoms with Crippen molar-refractivity contribution in [2.45, 2.75) is 24.8 Å². The molecular formula is C17H18N2O4S. The first-order chi connectivity index (χ1) is 11.6. The summed E-state index contributed by atoms with van der Waals surface area (Å²) in [5.74, 6) is -1.33. The van der Waals surface area contributed by atoms with E-state index in [0.717, 1.165) is 17.0 Å². The van der Waals surface area contributed by atoms with Crippen LogP contribution in [-0.2, 0) is 9.53 Å². The molecular weight excluding hydrogens is 328 g/mol. The van der Waals surface area contributed by atoms with Gasteiger partial charge in [-0.1, -0.05) is 12.1 Å². The third-order valence-corrected chi connectivity index (χ3v) is 4.84. The van der Waals surface area contributed by atoms with Gasteiger partial charge in [0.15, 0.2) is 0 Å². The molecule has 7 heteroatoms. The molecule has 24 heavy (non-hydrogen) atoms. The first-order valence-corrected chi connectivity index (χ1v) is 8.59. The van der Waals surface area contributed by atoms with Gasteiger partial charge in [0.1, 0.15) is 5.69 Å². The van der Waals surface area contributed by atoms with E-state index >= 15 is 0 Å². The number of hydrogen-bond acceptors (Lipinski definition) is 5. The van der Waals surface area contributed by atoms with Gasteiger partial charge in [0.05, 0.1) is 29.1 Å². The number of nitrogens with zero attached hydrogens (tertiary/aromatic N) is 1. The Morgan fingerprint density at radius 2 is 2.21 bits per heavy atom. The van der Waals surface area contributed by atoms with Crippen molar-refractivity contribution in [3.63, 3.8) is 0 Å². The van der Waals surface area contributed by atoms with Crippen LogP contribution in [0.1, 0.15) is 29.8 Å². The number of ether oxygens (including phenoxy) is 1. The fraction of sp³-hybridized carbons (Fsp3) is 0.353. The van der Waals surface area contributed by atoms with Gasteiger partial charge in [-0.3, -0.25) is 9.59 Å². The lowest BCUT2D eigenvalue weighted by atomic mass is 9.88. The number of carboxylic acid groups (broad SMARTS) is 1. The highest BCUT2D eigenvalue weighted by Crippen LogP contribution is 2.25. The molecule has 0 bridgehead atoms. The molecule has 0 saturated carbocycles. The fourth-order valence-electron chi connectivity index (χ4n) is 2.85. The van der Waals surface area contributed by atoms with E-state index < -0.39 is 11.5 Å². The van der Waals surface area contributed by atoms with Gasteiger partial charge in [0, 0.05) is 6.61 Å². The highest BCUT2D eigenvalue weighted by Gasteiger charge is 2.37. The topological polar surface area (TPSA) is 88.5 Å². The summed E-state index contributed by atoms with van der Waals surface area (Å²) in [6, 6.07) is 9.12. The van der Waals surface area contributed by atoms with Gasteiger partial charge in [0.25, 0.3) is 5.91 Å². The zero-order valence-corrected chi connectivity index (χ0v) is 13.8. The predicted octanol–water partition coefficient (Wildman–Crippen LogP) is 2.56. The van der Waals surface area contributed by atoms with E-state index in [2.05, 4.69) is 10.3 Å². The summed E-state index contributed by atoms with van der Waals surface area (Å²) in [5.41, 5.74) is 0.128. The van der Waals surface area contributed by atoms with Crippen molar-refractivity contribution in [2.24, 2.45) is 0 Å². The zero-order valence-electron chi connectivity index (χ0n) is 13.0. The van der Waals surface area contributed by atoms with Gasteiger partial charge >= 0.3 is 5.97 Å². The van der Waals surface area contributed by atoms with Gasteiger partial charge < -0.3 is 15.2 Å². The SMILES string of the molecule is O=C(O)CC1(NC(=O)c2cccc(-c3cccs3)n2)CCCOC1. The van der Waals surface area contributed by atoms with Crippen LogP contribution in [-0.4, -0.2) is 40.7 Å². The number of aromatic nitrogens is 1. The molecule has 0 radical (unpaired) electrons. The van der Waals surface area contributed by atoms with Crippen molar-refractivity contribution in [3.05, 3.63) is 41.4 Å². The Morgan fingerprint density at radius 1 is 1.33 bits per heavy atom. The largest absolute Gasteiger partial charge is 0.481 e. The molecule has 2 N–H and O–H groups in total. The number of carboxylic acids is 1. The number of thiophene rings is 1. The molecule has 3 rings (SSSR count). The standard InChI is InChI=1S/C17H18N2O4S/c20-15(21)10-17(7-3-8-23-11-17)19-16(22)13-5-1-4-12(18-13)14-6-2-9-24-14/h1-2,4-6,9H,3,7-8,10-11H2,(H,19,22)(H,20,21). The van der Waals surface area contributed by atoms with Crippen LogP contribution in [0, 0.1) is 0 Å². The van der Waals surface area contributed by atoms with Gasteiger partial charge in [-0.15, -0.1) is 11.3 Å². The predicted molar refractivity (Wildman–Crippen MR) is 90.1 cm³/mol. The molecule has 6 nitrogen and oxygen atoms in total. The monoisotopic (exact) mass is 346 g/mol. The second-order valence-corrected chi connectivity index (χ2v) is 6.79. The van der Waals surface area contributed by atoms with Crippen molar-refractivity contribution in [1.29, 1.82) is 0 Å². The first kappa shape index (κ1) is 16.6. The molecule has 0 spiro atoms. The molecule has 1 saturated heterocycles. The van der Waals surface area contributed by atoms with Gasteiger partial charge in [-0.25, -0.2) is 4.98 Å². The minimum Gasteiger partial charge on any atom is -0.481 e. The minimum atomic E-state index is -0.957. The van der Waals surface area contributed by atoms with Crippen molar-refractivity contribution < 1.29 is 19.4 Å². The number of carbonyl (C=O) groups excluding carboxylic acids is 1. The van der Waals surface area contributed by atoms with Gasteiger partial charge in [-0.2, -0.15) is 0 Å². The Labute approximate surface area is 143 Å². The number of hydrogen-bond donors (Lipinski definition) is 2. The lowest BCUT2D eigenvalue weighted by molar-refractivity contribution is -0.140. The van der Waals surface area contributed by atoms with E-state index in [1.165, 1.54) is 0 Å². The lowest BCUT2D eigenvalue weighted by Crippen LogP contribution is -2.55. The Balaban J connectivity index is 1.80. The third-order valence-electron chi connectivity index (χ3n) is 3.95. The van der Waals surface area contributed by atoms with Crippen LogP contribution < -0.4 is 5.32 Å². The molecule has 2 aromatic heterocycles. The summed E-state index contributed by atoms with van der Waals surface area (Å²) in [6.45, 7) is 0.791. The van der Waals surface area contributed by atoms with Crippen molar-refractivity contribution in [1.82, 2.24) is 10.3 Å². The molecule has 1 unspecified atom stereocenters. The Bertz CT molecular complexity index is 724. The van der Waals surface area contributed by atoms with Crippen molar-refractivity contribution >= 4 is 23.2 Å². The van der Waals surface area contributed by atoms with E-state index in [4.69, 9.17) is 9.84 Å². The summed E-state index contributed by atoms with van der Waals surface area (Å²) in [6.07, 6.45) is 1.13. The summed E-state index contributed by atoms with van der Waals surface area (Å²) in [7, 11) is 0. The van der Waals surface area contributed by atoms with E-state index in [0.29, 0.717) is 13.0 Å². The van der Waals surface area contributed by atoms with E-state index in [1.807, 2.05) is 23.6 Å². The first-order valence-electron chi connectivity index (χ1n) is 7.71. The Morgan fingerprint density at radius 3 is 2.88 bits per heavy atom. The summed E-state index contributed by atoms with van der Waals surface area (Å²) in [5, 5.41) is 14.0. The molecule has 1 amide bonds. The number of rotatable bonds is 5. The molecule has 0 aliphatic carbocycles. The van der Waals surface area contributed by atoms with E-state index in [9.17, 15) is 9.59 Å². The average molecular weight is 346 g/mol. The third kappa shape index (κ3) is 3.80. The highest BCUT2D eigenvalue weighted by atomic mass is 32.1. The number of pyridine rings is 1. The number of aliphatic carboxylic acids is 1. The maximum absolute atomic E-state index is 12.6. The van der Waals surface area contributed by atoms with E-state index in [-0.39, 0.29) is 24.6 Å². The fourth-order valence-corrected chi connectivity index (χ4v) is 3.55. The molecule has 126 valence electrons. The van der Waals surface area contributed by atoms with Crippen LogP contribution in [0.4, 0.5) is 0 Å². The molecule has 0 aromatic carbocycles. The Kier molecular flexibility index (Phi) is 4.92. The summed E-state index contributed by atoms with van der Waals surface area (Å²) >= 11 is 1.55. The quantitative estimate of drug-likeness (QED) is 0.869. The van der Waals surface area contributed by atoms with E-state index in [1.54, 1.807) is 23.5 Å². The van der Waals surface area contributed by atoms with Crippen LogP contribution >= 0.6 is 11.3 Å². The molecule has 1 aliphatic heterocycles. The van der Waals surface area contributed by atoms with Gasteiger partial charge in [-0.05, 0) is 36.4 Å². The van der Waals surface area contributed by atoms with Crippen LogP contribution in [0.2, 0.25) is 0 Å². The zero-order chi connectivity index (χ0) is 17.0. The molecule has 3 heterocycles. The average Bonchev–Trinajstić information content (AvgIpc) is 3.09. The maximum atomic E-state index is 12.6. The van der Waals surface area contributed by atoms with Gasteiger partial charge in [0.2, 0.25) is 0 Å². The van der Waals surface area contributed by atoms with Crippen LogP contribution in [0.15, 0.2) is 35.7 Å². The van der Waals surface area contributed by atoms with Crippen LogP contribution in [0.25, 0.3) is 10.6 Å². The highest BCUT2D eigenvalue weighted by molar-refractivity contribution is 7.13. The summed E-state index contributed by atoms with van der Waals surface area (Å²) < 4.78 is 5.41. The summed E-state index contributed by atoms with van der Waals surface area (Å²) in [4.78, 5) is 29.2. The smallest absolute Gasteiger partial charge is 0.305 e. The second kappa shape index (κ2) is 7.11. The molecule has 1 aliphatic rings. The number of amides is 1. The van der Waals surface area contributed by atoms with Crippen molar-refractivity contribution in [3.8, 4) is 10.6 Å². The number of nitrogens with one attached hydrogen (secondary N) is 1. The molecule has 1 fully saturated rings. The minimum absolute atomic E-state index is 0.163.